The maximum Gasteiger partial charge on any atom is 0.325 e. The number of anilines is 1. The van der Waals surface area contributed by atoms with Gasteiger partial charge in [-0.1, -0.05) is 62.2 Å². The number of nitrogens with two attached hydrogens (primary N) is 1. The number of phenols is 3. The highest BCUT2D eigenvalue weighted by atomic mass is 35.5. The summed E-state index contributed by atoms with van der Waals surface area (Å²) < 4.78 is 36.7. The second kappa shape index (κ2) is 37.1. The molecule has 6 heterocycles. The summed E-state index contributed by atoms with van der Waals surface area (Å²) in [4.78, 5) is 138. The molecule has 630 valence electrons. The van der Waals surface area contributed by atoms with Crippen LogP contribution in [0.15, 0.2) is 103 Å². The van der Waals surface area contributed by atoms with Gasteiger partial charge in [0.05, 0.1) is 28.5 Å². The van der Waals surface area contributed by atoms with Crippen molar-refractivity contribution in [2.45, 2.75) is 164 Å². The van der Waals surface area contributed by atoms with Gasteiger partial charge in [0.1, 0.15) is 102 Å². The number of hydrogen-bond acceptors (Lipinski definition) is 25. The Morgan fingerprint density at radius 2 is 1.30 bits per heavy atom. The molecule has 1 saturated heterocycles. The smallest absolute Gasteiger partial charge is 0.325 e. The number of methoxy groups -OCH3 is 1. The van der Waals surface area contributed by atoms with Crippen molar-refractivity contribution in [3.8, 4) is 62.9 Å². The molecule has 31 nitrogen and oxygen atoms in total. The quantitative estimate of drug-likeness (QED) is 0.0307. The largest absolute Gasteiger partial charge is 0.508 e. The van der Waals surface area contributed by atoms with Crippen molar-refractivity contribution in [3.63, 3.8) is 0 Å². The average molecular weight is 1670 g/mol. The molecular formula is C85H98Cl2N8O23. The number of imide groups is 1. The number of aromatic hydroxyl groups is 3. The predicted molar refractivity (Wildman–Crippen MR) is 426 cm³/mol. The van der Waals surface area contributed by atoms with Gasteiger partial charge >= 0.3 is 6.03 Å². The molecule has 6 aliphatic heterocycles. The molecule has 14 atom stereocenters. The molecule has 15 bridgehead atoms. The first kappa shape index (κ1) is 85.8. The maximum atomic E-state index is 16.6. The molecule has 0 unspecified atom stereocenters. The van der Waals surface area contributed by atoms with E-state index in [1.165, 1.54) is 60.7 Å². The first-order chi connectivity index (χ1) is 56.4. The van der Waals surface area contributed by atoms with Crippen LogP contribution in [-0.4, -0.2) is 177 Å². The van der Waals surface area contributed by atoms with Crippen LogP contribution in [0.1, 0.15) is 149 Å². The molecule has 17 N–H and O–H groups in total. The lowest BCUT2D eigenvalue weighted by atomic mass is 9.51. The van der Waals surface area contributed by atoms with E-state index in [1.54, 1.807) is 26.2 Å². The molecule has 33 heteroatoms. The standard InChI is InChI=1S/C85H98Cl2N8O23/c1-5-41(20-38(2)3)80(108)94-72-60(99)29-48(32-68(102)91-85(112)90-49-9-11-51(12-10-49)114-19-17-89-16-18-113-4)81(109)92-70-47-30-65(115-63-14-7-43(74(72)103)27-56(63)86)79(118-84-78(107)77(106)76(105)67(37-88)117-84)66(31-47)116-64-15-8-44(28-57(64)87)75(104)73-83(111)93-71(62(101)35-52-45-22-39-21-40(24-45)25-46(52)23-39)55-33-50(96)34-59(98)69(55)54-26-42(6-13-58(54)97)53(36-61(70)100)82(110)95-73/h6-15,26-28,30-31,33-34,38-41,45-46,48,52-53,67,70-78,84,89,96-98,103-107H,5,16-25,29,32,35-37,88H2,1-4H3,(H,92,109)(H,93,111)(H,94,108)(H,95,110)(H2,90,91,102,112)/t39?,40?,41-,45?,46?,48+,52?,53-,67-,70-,71+,72+,73+,74-,75-,76-,77+,78-,84+/m1/s1. The summed E-state index contributed by atoms with van der Waals surface area (Å²) >= 11 is 14.3. The Kier molecular flexibility index (Phi) is 27.0. The molecule has 0 radical (unpaired) electrons. The fourth-order valence-corrected chi connectivity index (χ4v) is 18.2. The molecular weight excluding hydrogens is 1570 g/mol. The van der Waals surface area contributed by atoms with E-state index in [1.807, 2.05) is 13.8 Å². The molecule has 6 aromatic carbocycles. The van der Waals surface area contributed by atoms with Crippen LogP contribution in [-0.2, 0) is 47.8 Å². The Hall–Kier alpha value is -10.0. The fraction of sp³-hybridized carbons (Fsp3) is 0.471. The minimum absolute atomic E-state index is 0.0400. The highest BCUT2D eigenvalue weighted by Crippen LogP contribution is 2.58. The van der Waals surface area contributed by atoms with E-state index in [0.29, 0.717) is 43.7 Å². The number of Topliss-reactive ketones (excluding diaryl/α,β-unsaturated/α-hetero) is 3. The molecule has 118 heavy (non-hydrogen) atoms. The summed E-state index contributed by atoms with van der Waals surface area (Å²) in [7, 11) is 1.58. The van der Waals surface area contributed by atoms with Crippen LogP contribution in [0.3, 0.4) is 0 Å². The van der Waals surface area contributed by atoms with Crippen molar-refractivity contribution >= 4 is 81.8 Å². The Morgan fingerprint density at radius 1 is 0.653 bits per heavy atom. The fourth-order valence-electron chi connectivity index (χ4n) is 17.8. The van der Waals surface area contributed by atoms with E-state index in [2.05, 4.69) is 37.2 Å². The number of phenolic OH excluding ortho intramolecular Hbond substituents is 3. The van der Waals surface area contributed by atoms with E-state index in [0.717, 1.165) is 62.4 Å². The first-order valence-corrected chi connectivity index (χ1v) is 40.5. The van der Waals surface area contributed by atoms with E-state index in [9.17, 15) is 55.2 Å². The van der Waals surface area contributed by atoms with Crippen molar-refractivity contribution < 1.29 is 112 Å². The first-order valence-electron chi connectivity index (χ1n) is 39.7. The summed E-state index contributed by atoms with van der Waals surface area (Å²) in [5.41, 5.74) is 4.63. The van der Waals surface area contributed by atoms with E-state index < -0.39 is 198 Å². The molecule has 6 aromatic rings. The molecule has 16 rings (SSSR count). The third-order valence-corrected chi connectivity index (χ3v) is 24.2. The van der Waals surface area contributed by atoms with Gasteiger partial charge in [-0.3, -0.25) is 43.7 Å². The zero-order valence-electron chi connectivity index (χ0n) is 65.2. The molecule has 4 saturated carbocycles. The third-order valence-electron chi connectivity index (χ3n) is 23.6. The number of amides is 7. The number of hydrogen-bond donors (Lipinski definition) is 16. The molecule has 5 fully saturated rings. The minimum Gasteiger partial charge on any atom is -0.508 e. The van der Waals surface area contributed by atoms with Crippen molar-refractivity contribution in [1.29, 1.82) is 0 Å². The number of urea groups is 1. The van der Waals surface area contributed by atoms with E-state index in [-0.39, 0.29) is 109 Å². The Balaban J connectivity index is 0.967. The second-order valence-corrected chi connectivity index (χ2v) is 33.0. The maximum absolute atomic E-state index is 16.6. The highest BCUT2D eigenvalue weighted by molar-refractivity contribution is 6.32. The van der Waals surface area contributed by atoms with Gasteiger partial charge in [0.25, 0.3) is 0 Å². The summed E-state index contributed by atoms with van der Waals surface area (Å²) in [6.45, 7) is 6.92. The number of halogens is 2. The lowest BCUT2D eigenvalue weighted by Gasteiger charge is -2.54. The van der Waals surface area contributed by atoms with Crippen molar-refractivity contribution in [2.75, 3.05) is 45.3 Å². The number of benzene rings is 6. The zero-order chi connectivity index (χ0) is 84.2. The lowest BCUT2D eigenvalue weighted by molar-refractivity contribution is -0.270. The molecule has 0 spiro atoms. The van der Waals surface area contributed by atoms with Crippen molar-refractivity contribution in [2.24, 2.45) is 53.1 Å². The Labute approximate surface area is 689 Å². The van der Waals surface area contributed by atoms with Gasteiger partial charge in [-0.05, 0) is 187 Å². The van der Waals surface area contributed by atoms with Crippen LogP contribution < -0.4 is 61.9 Å². The minimum atomic E-state index is -2.22. The van der Waals surface area contributed by atoms with Gasteiger partial charge in [0.2, 0.25) is 41.6 Å². The van der Waals surface area contributed by atoms with Gasteiger partial charge < -0.3 is 107 Å². The van der Waals surface area contributed by atoms with Crippen molar-refractivity contribution in [1.82, 2.24) is 31.9 Å². The van der Waals surface area contributed by atoms with Gasteiger partial charge in [-0.2, -0.15) is 0 Å². The molecule has 4 aliphatic carbocycles. The van der Waals surface area contributed by atoms with Crippen LogP contribution in [0.4, 0.5) is 10.5 Å². The van der Waals surface area contributed by atoms with Crippen LogP contribution >= 0.6 is 23.2 Å². The summed E-state index contributed by atoms with van der Waals surface area (Å²) in [6.07, 6.45) is -11.3. The van der Waals surface area contributed by atoms with Crippen LogP contribution in [0.5, 0.6) is 51.7 Å². The second-order valence-electron chi connectivity index (χ2n) is 32.2. The van der Waals surface area contributed by atoms with Gasteiger partial charge in [0, 0.05) is 81.2 Å². The van der Waals surface area contributed by atoms with Crippen molar-refractivity contribution in [3.05, 3.63) is 141 Å². The highest BCUT2D eigenvalue weighted by Gasteiger charge is 2.51. The Bertz CT molecular complexity index is 4770. The van der Waals surface area contributed by atoms with Crippen LogP contribution in [0, 0.1) is 47.3 Å². The lowest BCUT2D eigenvalue weighted by Crippen LogP contribution is -2.60. The predicted octanol–water partition coefficient (Wildman–Crippen LogP) is 7.67. The number of ether oxygens (including phenoxy) is 6. The van der Waals surface area contributed by atoms with Gasteiger partial charge in [-0.15, -0.1) is 0 Å². The molecule has 7 amide bonds. The summed E-state index contributed by atoms with van der Waals surface area (Å²) in [5, 5.41) is 113. The SMILES string of the molecule is CC[C@H](CC(C)C)C(=O)N[C@H]1C(=O)C[C@@H](CC(=O)NC(=O)Nc2ccc(OCCNCCOC)cc2)C(=O)N[C@H]2C(=O)C[C@H]3C(=O)N[C@H](C(=O)N[C@H](C(=O)CC4C5CC6CC(C5)CC4C6)c4cc(O)cc(O)c4-c4cc3ccc4O)[C@H](O)c3ccc(c(Cl)c3)Oc3cc2cc(c3O[C@@H]2O[C@H](CN)[C@@H](O)[C@H](O)[C@H]2O)Oc2ccc(cc2Cl)[C@H]1O. The number of rotatable bonds is 21. The number of fused-ring (bicyclic) bond motifs is 15. The number of carbonyl (C=O) groups is 9. The summed E-state index contributed by atoms with van der Waals surface area (Å²) in [5.74, 6) is -15.4. The number of aliphatic hydroxyl groups is 5. The van der Waals surface area contributed by atoms with Gasteiger partial charge in [-0.25, -0.2) is 4.79 Å². The number of nitrogens with one attached hydrogen (secondary N) is 7. The topological polar surface area (TPSA) is 481 Å². The third kappa shape index (κ3) is 19.1. The van der Waals surface area contributed by atoms with Crippen LogP contribution in [0.2, 0.25) is 10.0 Å². The normalized spacial score (nSPS) is 27.6. The van der Waals surface area contributed by atoms with E-state index >= 15 is 28.8 Å². The Morgan fingerprint density at radius 3 is 1.92 bits per heavy atom. The van der Waals surface area contributed by atoms with Crippen LogP contribution in [0.25, 0.3) is 11.1 Å². The van der Waals surface area contributed by atoms with E-state index in [4.69, 9.17) is 57.4 Å². The average Bonchev–Trinajstić information content (AvgIpc) is 0.770. The number of aliphatic hydroxyl groups excluding tert-OH is 5. The summed E-state index contributed by atoms with van der Waals surface area (Å²) in [6, 6.07) is 12.2. The van der Waals surface area contributed by atoms with Gasteiger partial charge in [0.15, 0.2) is 28.8 Å². The number of ketones is 3. The number of carbonyl (C=O) groups excluding carboxylic acids is 9. The molecule has 10 aliphatic rings. The zero-order valence-corrected chi connectivity index (χ0v) is 66.7. The molecule has 0 aromatic heterocycles. The monoisotopic (exact) mass is 1670 g/mol.